The molecule has 5 heteroatoms. The van der Waals surface area contributed by atoms with Gasteiger partial charge in [-0.3, -0.25) is 4.79 Å². The Morgan fingerprint density at radius 2 is 1.50 bits per heavy atom. The first-order chi connectivity index (χ1) is 13.6. The summed E-state index contributed by atoms with van der Waals surface area (Å²) in [5.41, 5.74) is 2.34. The molecule has 0 atom stereocenters. The van der Waals surface area contributed by atoms with Gasteiger partial charge in [0.15, 0.2) is 5.60 Å². The lowest BCUT2D eigenvalue weighted by Crippen LogP contribution is -2.43. The molecule has 0 bridgehead atoms. The Morgan fingerprint density at radius 1 is 0.964 bits per heavy atom. The minimum atomic E-state index is -1.85. The van der Waals surface area contributed by atoms with Crippen molar-refractivity contribution in [3.63, 3.8) is 0 Å². The van der Waals surface area contributed by atoms with Crippen molar-refractivity contribution in [1.29, 1.82) is 0 Å². The van der Waals surface area contributed by atoms with E-state index in [0.717, 1.165) is 11.3 Å². The highest BCUT2D eigenvalue weighted by Gasteiger charge is 2.39. The number of rotatable bonds is 7. The lowest BCUT2D eigenvalue weighted by molar-refractivity contribution is -0.136. The highest BCUT2D eigenvalue weighted by molar-refractivity contribution is 5.91. The number of nitrogens with zero attached hydrogens (tertiary/aromatic N) is 1. The SMILES string of the molecule is CCOc1ccc(/C=N\NC(=O)C(O)(c2ccccc2)c2ccccc2)cc1. The highest BCUT2D eigenvalue weighted by Crippen LogP contribution is 2.29. The minimum Gasteiger partial charge on any atom is -0.494 e. The molecule has 0 aliphatic heterocycles. The molecular formula is C23H22N2O3. The molecule has 0 unspecified atom stereocenters. The van der Waals surface area contributed by atoms with Gasteiger partial charge in [0.05, 0.1) is 12.8 Å². The largest absolute Gasteiger partial charge is 0.494 e. The first-order valence-electron chi connectivity index (χ1n) is 9.04. The Hall–Kier alpha value is -3.44. The third-order valence-corrected chi connectivity index (χ3v) is 4.28. The Morgan fingerprint density at radius 3 is 2.00 bits per heavy atom. The minimum absolute atomic E-state index is 0.468. The van der Waals surface area contributed by atoms with E-state index in [2.05, 4.69) is 10.5 Å². The molecule has 1 amide bonds. The summed E-state index contributed by atoms with van der Waals surface area (Å²) in [5.74, 6) is 0.137. The van der Waals surface area contributed by atoms with Crippen LogP contribution in [0, 0.1) is 0 Å². The molecule has 0 saturated carbocycles. The van der Waals surface area contributed by atoms with Gasteiger partial charge in [-0.15, -0.1) is 0 Å². The van der Waals surface area contributed by atoms with Gasteiger partial charge in [-0.1, -0.05) is 60.7 Å². The molecule has 0 aliphatic rings. The van der Waals surface area contributed by atoms with Gasteiger partial charge in [0.2, 0.25) is 0 Å². The Bertz CT molecular complexity index is 884. The van der Waals surface area contributed by atoms with Gasteiger partial charge in [-0.05, 0) is 47.9 Å². The van der Waals surface area contributed by atoms with Gasteiger partial charge >= 0.3 is 0 Å². The summed E-state index contributed by atoms with van der Waals surface area (Å²) < 4.78 is 5.40. The summed E-state index contributed by atoms with van der Waals surface area (Å²) in [6.45, 7) is 2.52. The predicted molar refractivity (Wildman–Crippen MR) is 109 cm³/mol. The van der Waals surface area contributed by atoms with E-state index in [1.807, 2.05) is 43.3 Å². The van der Waals surface area contributed by atoms with Gasteiger partial charge in [0.25, 0.3) is 5.91 Å². The maximum Gasteiger partial charge on any atom is 0.281 e. The van der Waals surface area contributed by atoms with Crippen molar-refractivity contribution < 1.29 is 14.6 Å². The molecule has 0 heterocycles. The molecule has 0 aliphatic carbocycles. The monoisotopic (exact) mass is 374 g/mol. The molecule has 142 valence electrons. The van der Waals surface area contributed by atoms with Crippen LogP contribution in [0.2, 0.25) is 0 Å². The number of hydrogen-bond acceptors (Lipinski definition) is 4. The average Bonchev–Trinajstić information content (AvgIpc) is 2.75. The summed E-state index contributed by atoms with van der Waals surface area (Å²) in [6, 6.07) is 24.9. The molecule has 2 N–H and O–H groups in total. The summed E-state index contributed by atoms with van der Waals surface area (Å²) in [4.78, 5) is 12.9. The average molecular weight is 374 g/mol. The quantitative estimate of drug-likeness (QED) is 0.491. The summed E-state index contributed by atoms with van der Waals surface area (Å²) in [5, 5.41) is 15.3. The van der Waals surface area contributed by atoms with E-state index < -0.39 is 11.5 Å². The molecular weight excluding hydrogens is 352 g/mol. The maximum atomic E-state index is 12.9. The van der Waals surface area contributed by atoms with Crippen LogP contribution in [0.4, 0.5) is 0 Å². The molecule has 3 rings (SSSR count). The van der Waals surface area contributed by atoms with Gasteiger partial charge in [-0.25, -0.2) is 5.43 Å². The normalized spacial score (nSPS) is 11.4. The van der Waals surface area contributed by atoms with Crippen LogP contribution < -0.4 is 10.2 Å². The topological polar surface area (TPSA) is 70.9 Å². The maximum absolute atomic E-state index is 12.9. The van der Waals surface area contributed by atoms with Crippen molar-refractivity contribution in [1.82, 2.24) is 5.43 Å². The second-order valence-electron chi connectivity index (χ2n) is 6.14. The molecule has 5 nitrogen and oxygen atoms in total. The molecule has 0 aromatic heterocycles. The number of ether oxygens (including phenoxy) is 1. The third kappa shape index (κ3) is 4.27. The fraction of sp³-hybridized carbons (Fsp3) is 0.130. The Balaban J connectivity index is 1.80. The lowest BCUT2D eigenvalue weighted by atomic mass is 9.85. The van der Waals surface area contributed by atoms with Crippen molar-refractivity contribution in [3.8, 4) is 5.75 Å². The van der Waals surface area contributed by atoms with Crippen molar-refractivity contribution in [2.24, 2.45) is 5.10 Å². The smallest absolute Gasteiger partial charge is 0.281 e. The number of hydrogen-bond donors (Lipinski definition) is 2. The van der Waals surface area contributed by atoms with Crippen molar-refractivity contribution in [2.45, 2.75) is 12.5 Å². The van der Waals surface area contributed by atoms with Crippen LogP contribution in [0.5, 0.6) is 5.75 Å². The number of amides is 1. The predicted octanol–water partition coefficient (Wildman–Crippen LogP) is 3.47. The molecule has 28 heavy (non-hydrogen) atoms. The summed E-state index contributed by atoms with van der Waals surface area (Å²) in [6.07, 6.45) is 1.52. The van der Waals surface area contributed by atoms with Crippen LogP contribution in [0.1, 0.15) is 23.6 Å². The highest BCUT2D eigenvalue weighted by atomic mass is 16.5. The first-order valence-corrected chi connectivity index (χ1v) is 9.04. The van der Waals surface area contributed by atoms with Crippen LogP contribution in [0.25, 0.3) is 0 Å². The summed E-state index contributed by atoms with van der Waals surface area (Å²) in [7, 11) is 0. The van der Waals surface area contributed by atoms with Crippen molar-refractivity contribution >= 4 is 12.1 Å². The van der Waals surface area contributed by atoms with Crippen molar-refractivity contribution in [3.05, 3.63) is 102 Å². The number of aliphatic hydroxyl groups is 1. The standard InChI is InChI=1S/C23H22N2O3/c1-2-28-21-15-13-18(14-16-21)17-24-25-22(26)23(27,19-9-5-3-6-10-19)20-11-7-4-8-12-20/h3-17,27H,2H2,1H3,(H,25,26)/b24-17-. The number of hydrazone groups is 1. The van der Waals surface area contributed by atoms with Crippen LogP contribution in [0.15, 0.2) is 90.0 Å². The van der Waals surface area contributed by atoms with E-state index >= 15 is 0 Å². The lowest BCUT2D eigenvalue weighted by Gasteiger charge is -2.27. The molecule has 0 radical (unpaired) electrons. The molecule has 0 fully saturated rings. The zero-order valence-corrected chi connectivity index (χ0v) is 15.6. The van der Waals surface area contributed by atoms with E-state index in [1.54, 1.807) is 48.5 Å². The molecule has 3 aromatic carbocycles. The van der Waals surface area contributed by atoms with Gasteiger partial charge in [-0.2, -0.15) is 5.10 Å². The number of benzene rings is 3. The van der Waals surface area contributed by atoms with E-state index in [4.69, 9.17) is 4.74 Å². The fourth-order valence-corrected chi connectivity index (χ4v) is 2.85. The van der Waals surface area contributed by atoms with Gasteiger partial charge in [0.1, 0.15) is 5.75 Å². The molecule has 0 spiro atoms. The van der Waals surface area contributed by atoms with E-state index in [0.29, 0.717) is 17.7 Å². The number of nitrogens with one attached hydrogen (secondary N) is 1. The summed E-state index contributed by atoms with van der Waals surface area (Å²) >= 11 is 0. The Kier molecular flexibility index (Phi) is 6.19. The van der Waals surface area contributed by atoms with Crippen molar-refractivity contribution in [2.75, 3.05) is 6.61 Å². The van der Waals surface area contributed by atoms with Gasteiger partial charge in [0, 0.05) is 0 Å². The second kappa shape index (κ2) is 8.97. The van der Waals surface area contributed by atoms with Crippen LogP contribution >= 0.6 is 0 Å². The van der Waals surface area contributed by atoms with Crippen LogP contribution in [-0.2, 0) is 10.4 Å². The zero-order chi connectivity index (χ0) is 19.8. The van der Waals surface area contributed by atoms with Gasteiger partial charge < -0.3 is 9.84 Å². The molecule has 3 aromatic rings. The third-order valence-electron chi connectivity index (χ3n) is 4.28. The first kappa shape index (κ1) is 19.3. The number of carbonyl (C=O) groups excluding carboxylic acids is 1. The van der Waals surface area contributed by atoms with Crippen LogP contribution in [-0.4, -0.2) is 23.8 Å². The Labute approximate surface area is 164 Å². The van der Waals surface area contributed by atoms with E-state index in [1.165, 1.54) is 6.21 Å². The van der Waals surface area contributed by atoms with E-state index in [9.17, 15) is 9.90 Å². The number of carbonyl (C=O) groups is 1. The fourth-order valence-electron chi connectivity index (χ4n) is 2.85. The zero-order valence-electron chi connectivity index (χ0n) is 15.6. The molecule has 0 saturated heterocycles. The second-order valence-corrected chi connectivity index (χ2v) is 6.14. The van der Waals surface area contributed by atoms with Crippen LogP contribution in [0.3, 0.4) is 0 Å². The van der Waals surface area contributed by atoms with E-state index in [-0.39, 0.29) is 0 Å².